The quantitative estimate of drug-likeness (QED) is 0.269. The molecule has 11 heteroatoms. The Morgan fingerprint density at radius 2 is 1.59 bits per heavy atom. The Morgan fingerprint density at radius 1 is 0.957 bits per heavy atom. The fraction of sp³-hybridized carbons (Fsp3) is 0.457. The number of carbonyl (C=O) groups excluding carboxylic acids is 2. The van der Waals surface area contributed by atoms with Gasteiger partial charge in [0.2, 0.25) is 5.91 Å². The van der Waals surface area contributed by atoms with Crippen molar-refractivity contribution in [3.8, 4) is 0 Å². The Morgan fingerprint density at radius 3 is 2.15 bits per heavy atom. The summed E-state index contributed by atoms with van der Waals surface area (Å²) in [5.41, 5.74) is 2.14. The summed E-state index contributed by atoms with van der Waals surface area (Å²) in [5, 5.41) is 2.71. The molecule has 8 nitrogen and oxygen atoms in total. The summed E-state index contributed by atoms with van der Waals surface area (Å²) in [7, 11) is 0. The van der Waals surface area contributed by atoms with Crippen molar-refractivity contribution >= 4 is 23.8 Å². The number of benzene rings is 2. The molecule has 0 bridgehead atoms. The highest BCUT2D eigenvalue weighted by molar-refractivity contribution is 7.99. The van der Waals surface area contributed by atoms with Crippen LogP contribution in [0.3, 0.4) is 0 Å². The second-order valence-corrected chi connectivity index (χ2v) is 13.9. The first-order valence-electron chi connectivity index (χ1n) is 15.9. The molecule has 2 aromatic carbocycles. The number of amides is 2. The molecule has 1 N–H and O–H groups in total. The number of unbranched alkanes of at least 4 members (excludes halogenated alkanes) is 1. The minimum Gasteiger partial charge on any atom is -0.444 e. The van der Waals surface area contributed by atoms with Gasteiger partial charge in [0.05, 0.1) is 6.04 Å². The molecule has 0 aliphatic carbocycles. The molecule has 0 saturated carbocycles. The van der Waals surface area contributed by atoms with Crippen molar-refractivity contribution in [1.29, 1.82) is 0 Å². The van der Waals surface area contributed by atoms with Gasteiger partial charge >= 0.3 is 6.09 Å². The van der Waals surface area contributed by atoms with Crippen LogP contribution in [0.5, 0.6) is 0 Å². The molecule has 2 unspecified atom stereocenters. The summed E-state index contributed by atoms with van der Waals surface area (Å²) in [6.45, 7) is 10.3. The molecule has 5 rings (SSSR count). The lowest BCUT2D eigenvalue weighted by Gasteiger charge is -2.40. The number of nitrogens with zero attached hydrogens (tertiary/aromatic N) is 4. The van der Waals surface area contributed by atoms with Gasteiger partial charge in [0, 0.05) is 56.4 Å². The molecule has 2 saturated heterocycles. The first-order chi connectivity index (χ1) is 22.1. The topological polar surface area (TPSA) is 78.0 Å². The molecule has 2 aliphatic heterocycles. The van der Waals surface area contributed by atoms with Gasteiger partial charge in [-0.1, -0.05) is 30.3 Å². The Hall–Kier alpha value is -3.54. The summed E-state index contributed by atoms with van der Waals surface area (Å²) in [6, 6.07) is 16.1. The molecule has 1 aromatic heterocycles. The third-order valence-corrected chi connectivity index (χ3v) is 9.54. The first kappa shape index (κ1) is 33.8. The zero-order valence-corrected chi connectivity index (χ0v) is 27.5. The van der Waals surface area contributed by atoms with Crippen LogP contribution in [0.1, 0.15) is 61.7 Å². The number of hydrogen-bond donors (Lipinski definition) is 1. The van der Waals surface area contributed by atoms with Gasteiger partial charge < -0.3 is 15.0 Å². The number of carbonyl (C=O) groups is 2. The normalized spacial score (nSPS) is 19.4. The number of ether oxygens (including phenoxy) is 1. The maximum Gasteiger partial charge on any atom is 0.412 e. The van der Waals surface area contributed by atoms with Crippen molar-refractivity contribution in [3.63, 3.8) is 0 Å². The maximum absolute atomic E-state index is 13.7. The number of pyridine rings is 1. The highest BCUT2D eigenvalue weighted by atomic mass is 32.2. The molecule has 0 spiro atoms. The fourth-order valence-corrected chi connectivity index (χ4v) is 7.37. The second kappa shape index (κ2) is 15.4. The number of nitrogens with one attached hydrogen (secondary N) is 1. The van der Waals surface area contributed by atoms with Gasteiger partial charge in [-0.25, -0.2) is 13.6 Å². The van der Waals surface area contributed by atoms with E-state index in [0.29, 0.717) is 12.3 Å². The van der Waals surface area contributed by atoms with Gasteiger partial charge in [-0.15, -0.1) is 11.8 Å². The van der Waals surface area contributed by atoms with Crippen LogP contribution in [0.4, 0.5) is 13.6 Å². The Labute approximate surface area is 274 Å². The third-order valence-electron chi connectivity index (χ3n) is 8.22. The zero-order valence-electron chi connectivity index (χ0n) is 26.7. The van der Waals surface area contributed by atoms with E-state index in [2.05, 4.69) is 20.1 Å². The average molecular weight is 652 g/mol. The molecule has 246 valence electrons. The summed E-state index contributed by atoms with van der Waals surface area (Å²) in [4.78, 5) is 37.0. The lowest BCUT2D eigenvalue weighted by molar-refractivity contribution is -0.125. The highest BCUT2D eigenvalue weighted by Gasteiger charge is 2.44. The van der Waals surface area contributed by atoms with Crippen molar-refractivity contribution in [2.45, 2.75) is 56.7 Å². The van der Waals surface area contributed by atoms with E-state index in [1.54, 1.807) is 41.6 Å². The largest absolute Gasteiger partial charge is 0.444 e. The molecule has 2 atom stereocenters. The van der Waals surface area contributed by atoms with E-state index >= 15 is 0 Å². The van der Waals surface area contributed by atoms with E-state index in [1.807, 2.05) is 32.9 Å². The number of aromatic nitrogens is 1. The second-order valence-electron chi connectivity index (χ2n) is 12.8. The van der Waals surface area contributed by atoms with Crippen LogP contribution in [0.2, 0.25) is 0 Å². The molecule has 3 aromatic rings. The van der Waals surface area contributed by atoms with Gasteiger partial charge in [-0.2, -0.15) is 0 Å². The van der Waals surface area contributed by atoms with Crippen molar-refractivity contribution in [3.05, 3.63) is 101 Å². The van der Waals surface area contributed by atoms with Crippen LogP contribution in [0.25, 0.3) is 0 Å². The number of hydrogen-bond acceptors (Lipinski definition) is 7. The monoisotopic (exact) mass is 651 g/mol. The minimum atomic E-state index is -0.681. The van der Waals surface area contributed by atoms with E-state index in [4.69, 9.17) is 4.74 Å². The maximum atomic E-state index is 13.7. The van der Waals surface area contributed by atoms with Gasteiger partial charge in [-0.05, 0) is 81.6 Å². The summed E-state index contributed by atoms with van der Waals surface area (Å²) < 4.78 is 33.0. The van der Waals surface area contributed by atoms with Gasteiger partial charge in [0.25, 0.3) is 0 Å². The van der Waals surface area contributed by atoms with E-state index in [0.717, 1.165) is 62.3 Å². The number of rotatable bonds is 10. The molecular weight excluding hydrogens is 608 g/mol. The van der Waals surface area contributed by atoms with Crippen LogP contribution in [-0.4, -0.2) is 88.3 Å². The Bertz CT molecular complexity index is 1390. The van der Waals surface area contributed by atoms with Crippen LogP contribution in [0.15, 0.2) is 73.1 Å². The van der Waals surface area contributed by atoms with E-state index in [9.17, 15) is 18.4 Å². The van der Waals surface area contributed by atoms with Crippen LogP contribution < -0.4 is 5.32 Å². The lowest BCUT2D eigenvalue weighted by atomic mass is 9.96. The van der Waals surface area contributed by atoms with E-state index < -0.39 is 17.7 Å². The standard InChI is InChI=1S/C35H43F2N5O3S/c1-35(2,3)45-34(44)42-30(24-46-33(42)27-7-6-16-38-23-27)32(43)39-17-4-5-18-40-19-21-41(22-20-40)31(25-8-12-28(36)13-9-25)26-10-14-29(37)15-11-26/h6-16,23,30-31,33H,4-5,17-22,24H2,1-3H3,(H,39,43). The molecular formula is C35H43F2N5O3S. The van der Waals surface area contributed by atoms with Crippen molar-refractivity contribution < 1.29 is 23.1 Å². The summed E-state index contributed by atoms with van der Waals surface area (Å²) >= 11 is 1.54. The van der Waals surface area contributed by atoms with Gasteiger partial charge in [0.15, 0.2) is 0 Å². The van der Waals surface area contributed by atoms with Gasteiger partial charge in [-0.3, -0.25) is 19.6 Å². The SMILES string of the molecule is CC(C)(C)OC(=O)N1C(C(=O)NCCCCN2CCN(C(c3ccc(F)cc3)c3ccc(F)cc3)CC2)CSC1c1cccnc1. The average Bonchev–Trinajstić information content (AvgIpc) is 3.49. The van der Waals surface area contributed by atoms with E-state index in [-0.39, 0.29) is 29.0 Å². The number of halogens is 2. The summed E-state index contributed by atoms with van der Waals surface area (Å²) in [5.74, 6) is -0.254. The smallest absolute Gasteiger partial charge is 0.412 e. The lowest BCUT2D eigenvalue weighted by Crippen LogP contribution is -2.49. The van der Waals surface area contributed by atoms with Crippen LogP contribution in [0, 0.1) is 11.6 Å². The van der Waals surface area contributed by atoms with Crippen molar-refractivity contribution in [2.75, 3.05) is 45.0 Å². The molecule has 46 heavy (non-hydrogen) atoms. The van der Waals surface area contributed by atoms with Crippen LogP contribution in [-0.2, 0) is 9.53 Å². The summed E-state index contributed by atoms with van der Waals surface area (Å²) in [6.07, 6.45) is 4.64. The van der Waals surface area contributed by atoms with Crippen molar-refractivity contribution in [2.24, 2.45) is 0 Å². The first-order valence-corrected chi connectivity index (χ1v) is 16.9. The van der Waals surface area contributed by atoms with Gasteiger partial charge in [0.1, 0.15) is 28.7 Å². The zero-order chi connectivity index (χ0) is 32.7. The van der Waals surface area contributed by atoms with Crippen LogP contribution >= 0.6 is 11.8 Å². The van der Waals surface area contributed by atoms with E-state index in [1.165, 1.54) is 36.0 Å². The molecule has 3 heterocycles. The molecule has 0 radical (unpaired) electrons. The predicted molar refractivity (Wildman–Crippen MR) is 176 cm³/mol. The fourth-order valence-electron chi connectivity index (χ4n) is 5.96. The van der Waals surface area contributed by atoms with Crippen molar-refractivity contribution in [1.82, 2.24) is 25.0 Å². The number of piperazine rings is 1. The minimum absolute atomic E-state index is 0.0784. The molecule has 2 aliphatic rings. The molecule has 2 fully saturated rings. The third kappa shape index (κ3) is 8.83. The predicted octanol–water partition coefficient (Wildman–Crippen LogP) is 6.01. The Kier molecular flexibility index (Phi) is 11.3. The number of thioether (sulfide) groups is 1. The Balaban J connectivity index is 1.09. The molecule has 2 amide bonds. The highest BCUT2D eigenvalue weighted by Crippen LogP contribution is 2.42.